The third kappa shape index (κ3) is 8.03. The van der Waals surface area contributed by atoms with Gasteiger partial charge in [-0.2, -0.15) is 0 Å². The lowest BCUT2D eigenvalue weighted by Gasteiger charge is -2.33. The Morgan fingerprint density at radius 1 is 0.870 bits per heavy atom. The number of rotatable bonds is 9. The topological polar surface area (TPSA) is 216 Å². The summed E-state index contributed by atoms with van der Waals surface area (Å²) in [7, 11) is -0.119. The van der Waals surface area contributed by atoms with Crippen LogP contribution in [0.25, 0.3) is 0 Å². The molecular weight excluding hydrogens is 336 g/mol. The van der Waals surface area contributed by atoms with Gasteiger partial charge in [-0.25, -0.2) is 0 Å². The first kappa shape index (κ1) is 24.4. The zero-order valence-corrected chi connectivity index (χ0v) is 14.4. The highest BCUT2D eigenvalue weighted by Crippen LogP contribution is 2.13. The Morgan fingerprint density at radius 3 is 1.61 bits per heavy atom. The number of aliphatic hydroxyl groups excluding tert-OH is 8. The summed E-state index contributed by atoms with van der Waals surface area (Å²) in [5.41, 5.74) is 0. The van der Waals surface area contributed by atoms with Crippen molar-refractivity contribution in [3.05, 3.63) is 0 Å². The maximum atomic E-state index is 10.1. The fourth-order valence-electron chi connectivity index (χ4n) is 1.22. The van der Waals surface area contributed by atoms with Crippen molar-refractivity contribution < 1.29 is 55.5 Å². The fraction of sp³-hybridized carbons (Fsp3) is 0.818. The first-order valence-electron chi connectivity index (χ1n) is 6.44. The Labute approximate surface area is 134 Å². The molecule has 0 radical (unpaired) electrons. The van der Waals surface area contributed by atoms with Crippen LogP contribution in [0.5, 0.6) is 0 Å². The molecule has 0 aliphatic carbocycles. The summed E-state index contributed by atoms with van der Waals surface area (Å²) in [6.07, 6.45) is -9.62. The third-order valence-corrected chi connectivity index (χ3v) is 4.13. The Kier molecular flexibility index (Phi) is 12.4. The summed E-state index contributed by atoms with van der Waals surface area (Å²) in [5.74, 6) is 0. The second kappa shape index (κ2) is 11.7. The highest BCUT2D eigenvalue weighted by Gasteiger charge is 2.41. The second-order valence-electron chi connectivity index (χ2n) is 4.87. The van der Waals surface area contributed by atoms with Crippen LogP contribution in [-0.4, -0.2) is 124 Å². The van der Waals surface area contributed by atoms with Gasteiger partial charge in [-0.05, 0) is 0 Å². The second-order valence-corrected chi connectivity index (χ2v) is 6.47. The van der Waals surface area contributed by atoms with Crippen LogP contribution in [0.3, 0.4) is 0 Å². The van der Waals surface area contributed by atoms with E-state index in [0.717, 1.165) is 0 Å². The van der Waals surface area contributed by atoms with Crippen molar-refractivity contribution >= 4 is 22.8 Å². The van der Waals surface area contributed by atoms with E-state index >= 15 is 0 Å². The summed E-state index contributed by atoms with van der Waals surface area (Å²) < 4.78 is 0. The first-order valence-corrected chi connectivity index (χ1v) is 7.44. The van der Waals surface area contributed by atoms with Crippen LogP contribution in [0.15, 0.2) is 0 Å². The summed E-state index contributed by atoms with van der Waals surface area (Å²) >= 11 is 0. The molecule has 0 aromatic heterocycles. The van der Waals surface area contributed by atoms with Gasteiger partial charge in [0.15, 0.2) is 12.6 Å². The van der Waals surface area contributed by atoms with E-state index in [1.807, 2.05) is 0 Å². The predicted molar refractivity (Wildman–Crippen MR) is 77.2 cm³/mol. The minimum absolute atomic E-state index is 0.0698. The van der Waals surface area contributed by atoms with Crippen molar-refractivity contribution in [1.82, 2.24) is 0 Å². The Balaban J connectivity index is 0. The van der Waals surface area contributed by atoms with Gasteiger partial charge in [0.1, 0.15) is 41.8 Å². The van der Waals surface area contributed by atoms with Crippen LogP contribution in [0.1, 0.15) is 0 Å². The molecule has 138 valence electrons. The molecular formula is C11H24O11Si. The number of carbonyl (C=O) groups excluding carboxylic acids is 2. The average molecular weight is 360 g/mol. The number of aldehydes is 2. The largest absolute Gasteiger partial charge is 0.394 e. The monoisotopic (exact) mass is 360 g/mol. The molecule has 9 N–H and O–H groups in total. The van der Waals surface area contributed by atoms with Crippen LogP contribution in [-0.2, 0) is 9.59 Å². The molecule has 0 amide bonds. The molecule has 0 heterocycles. The quantitative estimate of drug-likeness (QED) is 0.139. The molecule has 0 aromatic rings. The average Bonchev–Trinajstić information content (AvgIpc) is 2.57. The van der Waals surface area contributed by atoms with E-state index in [0.29, 0.717) is 0 Å². The summed E-state index contributed by atoms with van der Waals surface area (Å²) in [6.45, 7) is -1.44. The van der Waals surface area contributed by atoms with Gasteiger partial charge in [-0.1, -0.05) is 0 Å². The van der Waals surface area contributed by atoms with Gasteiger partial charge in [-0.15, -0.1) is 0 Å². The number of carbonyl (C=O) groups is 2. The Bertz CT molecular complexity index is 340. The van der Waals surface area contributed by atoms with E-state index < -0.39 is 55.1 Å². The van der Waals surface area contributed by atoms with Crippen LogP contribution in [0.4, 0.5) is 0 Å². The van der Waals surface area contributed by atoms with Crippen molar-refractivity contribution in [2.24, 2.45) is 0 Å². The van der Waals surface area contributed by atoms with Crippen LogP contribution >= 0.6 is 0 Å². The highest BCUT2D eigenvalue weighted by molar-refractivity contribution is 6.16. The molecule has 0 aromatic carbocycles. The maximum Gasteiger partial charge on any atom is 0.151 e. The smallest absolute Gasteiger partial charge is 0.151 e. The van der Waals surface area contributed by atoms with Crippen molar-refractivity contribution in [2.75, 3.05) is 13.2 Å². The van der Waals surface area contributed by atoms with Gasteiger partial charge in [0.25, 0.3) is 0 Å². The number of aliphatic hydroxyl groups is 9. The van der Waals surface area contributed by atoms with Gasteiger partial charge in [0, 0.05) is 0 Å². The van der Waals surface area contributed by atoms with Gasteiger partial charge in [0.05, 0.1) is 23.5 Å². The fourth-order valence-corrected chi connectivity index (χ4v) is 1.74. The lowest BCUT2D eigenvalue weighted by atomic mass is 10.0. The number of hydrogen-bond acceptors (Lipinski definition) is 11. The molecule has 0 spiro atoms. The molecule has 0 saturated carbocycles. The molecule has 23 heavy (non-hydrogen) atoms. The van der Waals surface area contributed by atoms with E-state index in [-0.39, 0.29) is 22.8 Å². The van der Waals surface area contributed by atoms with E-state index in [2.05, 4.69) is 0 Å². The molecule has 0 fully saturated rings. The Hall–Kier alpha value is -0.803. The van der Waals surface area contributed by atoms with Gasteiger partial charge < -0.3 is 55.5 Å². The van der Waals surface area contributed by atoms with Crippen molar-refractivity contribution in [1.29, 1.82) is 0 Å². The van der Waals surface area contributed by atoms with Crippen LogP contribution in [0.2, 0.25) is 0 Å². The van der Waals surface area contributed by atoms with E-state index in [1.54, 1.807) is 0 Å². The van der Waals surface area contributed by atoms with Gasteiger partial charge >= 0.3 is 0 Å². The molecule has 7 atom stereocenters. The van der Waals surface area contributed by atoms with E-state index in [9.17, 15) is 19.8 Å². The minimum atomic E-state index is -2.04. The predicted octanol–water partition coefficient (Wildman–Crippen LogP) is -7.43. The normalized spacial score (nSPS) is 21.6. The van der Waals surface area contributed by atoms with Crippen LogP contribution in [0, 0.1) is 0 Å². The molecule has 0 unspecified atom stereocenters. The molecule has 12 heteroatoms. The first-order chi connectivity index (χ1) is 10.5. The molecule has 0 aliphatic rings. The summed E-state index contributed by atoms with van der Waals surface area (Å²) in [6, 6.07) is 0. The lowest BCUT2D eigenvalue weighted by molar-refractivity contribution is -0.149. The Morgan fingerprint density at radius 2 is 1.30 bits per heavy atom. The van der Waals surface area contributed by atoms with E-state index in [1.165, 1.54) is 0 Å². The minimum Gasteiger partial charge on any atom is -0.394 e. The molecule has 0 rings (SSSR count). The SMILES string of the molecule is O=C[C@@H](O)[C@H](O)[C@H](O)CO.O=C[C@H](O)[C@](O)([SiH3])[C@@H](O)[C@H](O)CO. The van der Waals surface area contributed by atoms with Gasteiger partial charge in [0.2, 0.25) is 0 Å². The summed E-state index contributed by atoms with van der Waals surface area (Å²) in [4.78, 5) is 19.9. The van der Waals surface area contributed by atoms with E-state index in [4.69, 9.17) is 35.7 Å². The van der Waals surface area contributed by atoms with Crippen LogP contribution < -0.4 is 0 Å². The maximum absolute atomic E-state index is 10.1. The van der Waals surface area contributed by atoms with Crippen molar-refractivity contribution in [3.63, 3.8) is 0 Å². The van der Waals surface area contributed by atoms with Crippen molar-refractivity contribution in [2.45, 2.75) is 41.8 Å². The van der Waals surface area contributed by atoms with Crippen molar-refractivity contribution in [3.8, 4) is 0 Å². The lowest BCUT2D eigenvalue weighted by Crippen LogP contribution is -2.58. The molecule has 0 aliphatic heterocycles. The molecule has 0 bridgehead atoms. The molecule has 0 saturated heterocycles. The zero-order valence-electron chi connectivity index (χ0n) is 12.4. The summed E-state index contributed by atoms with van der Waals surface area (Å²) in [5, 5.41) is 77.0. The highest BCUT2D eigenvalue weighted by atomic mass is 28.1. The zero-order chi connectivity index (χ0) is 18.8. The number of hydrogen-bond donors (Lipinski definition) is 9. The standard InChI is InChI=1S/C6H14O6Si.C5H10O5/c7-1-3(9)5(11)6(12,13)4(10)2-8;6-1-3(8)5(10)4(9)2-7/h2-5,7,9-12H,1H2,13H3;1,3-5,7-10H,2H2/t3-,4+,5+,6+;3-,4-,5+/m11/s1. The van der Waals surface area contributed by atoms with Gasteiger partial charge in [-0.3, -0.25) is 0 Å². The third-order valence-electron chi connectivity index (χ3n) is 2.95. The molecule has 11 nitrogen and oxygen atoms in total.